The number of aliphatic hydroxyl groups excluding tert-OH is 3. The maximum Gasteiger partial charge on any atom is 0.251 e. The van der Waals surface area contributed by atoms with Crippen molar-refractivity contribution in [2.24, 2.45) is 0 Å². The number of carbonyl (C=O) groups excluding carboxylic acids is 8. The largest absolute Gasteiger partial charge is 0.508 e. The third-order valence-electron chi connectivity index (χ3n) is 16.1. The van der Waals surface area contributed by atoms with Crippen molar-refractivity contribution in [3.8, 4) is 33.8 Å². The van der Waals surface area contributed by atoms with Gasteiger partial charge in [0.2, 0.25) is 41.4 Å². The van der Waals surface area contributed by atoms with Gasteiger partial charge in [-0.3, -0.25) is 38.4 Å². The second kappa shape index (κ2) is 30.6. The Kier molecular flexibility index (Phi) is 22.6. The molecule has 0 aromatic heterocycles. The zero-order chi connectivity index (χ0) is 62.1. The summed E-state index contributed by atoms with van der Waals surface area (Å²) in [6.07, 6.45) is -1.01. The molecule has 3 heterocycles. The van der Waals surface area contributed by atoms with Gasteiger partial charge < -0.3 is 66.9 Å². The highest BCUT2D eigenvalue weighted by Crippen LogP contribution is 2.28. The Labute approximate surface area is 506 Å². The molecule has 3 aliphatic heterocycles. The zero-order valence-corrected chi connectivity index (χ0v) is 49.4. The number of aryl methyl sites for hydroxylation is 2. The van der Waals surface area contributed by atoms with Crippen molar-refractivity contribution < 1.29 is 63.5 Å². The molecule has 10 atom stereocenters. The van der Waals surface area contributed by atoms with Gasteiger partial charge in [0.25, 0.3) is 5.91 Å². The summed E-state index contributed by atoms with van der Waals surface area (Å²) in [6.45, 7) is 4.67. The van der Waals surface area contributed by atoms with Crippen molar-refractivity contribution in [2.45, 2.75) is 152 Å². The minimum Gasteiger partial charge on any atom is -0.508 e. The van der Waals surface area contributed by atoms with Crippen LogP contribution in [0.15, 0.2) is 127 Å². The second-order valence-electron chi connectivity index (χ2n) is 22.8. The third-order valence-corrected chi connectivity index (χ3v) is 16.1. The van der Waals surface area contributed by atoms with E-state index in [2.05, 4.69) is 38.8 Å². The summed E-state index contributed by atoms with van der Waals surface area (Å²) in [5, 5.41) is 59.7. The summed E-state index contributed by atoms with van der Waals surface area (Å²) in [5.41, 5.74) is 5.49. The van der Waals surface area contributed by atoms with E-state index < -0.39 is 108 Å². The molecule has 0 spiro atoms. The molecule has 0 radical (unpaired) electrons. The molecule has 21 heteroatoms. The van der Waals surface area contributed by atoms with Gasteiger partial charge in [0, 0.05) is 44.1 Å². The minimum atomic E-state index is -1.71. The lowest BCUT2D eigenvalue weighted by atomic mass is 9.99. The van der Waals surface area contributed by atoms with Crippen molar-refractivity contribution >= 4 is 47.3 Å². The molecule has 5 aromatic carbocycles. The van der Waals surface area contributed by atoms with Crippen molar-refractivity contribution in [3.05, 3.63) is 144 Å². The molecular formula is C66H80N8O13. The molecule has 3 saturated heterocycles. The number of ether oxygens (including phenoxy) is 1. The normalized spacial score (nSPS) is 23.1. The van der Waals surface area contributed by atoms with E-state index in [1.54, 1.807) is 36.4 Å². The molecule has 8 amide bonds. The van der Waals surface area contributed by atoms with Crippen LogP contribution in [-0.4, -0.2) is 164 Å². The Balaban J connectivity index is 1.04. The summed E-state index contributed by atoms with van der Waals surface area (Å²) in [6, 6.07) is 28.5. The number of hydrogen-bond donors (Lipinski definition) is 10. The van der Waals surface area contributed by atoms with Crippen LogP contribution in [0.2, 0.25) is 0 Å². The number of rotatable bonds is 18. The van der Waals surface area contributed by atoms with E-state index in [0.717, 1.165) is 57.7 Å². The average Bonchev–Trinajstić information content (AvgIpc) is 3.61. The number of unbranched alkanes of at least 4 members (excludes halogenated alkanes) is 2. The Morgan fingerprint density at radius 3 is 1.80 bits per heavy atom. The van der Waals surface area contributed by atoms with Crippen molar-refractivity contribution in [1.29, 1.82) is 0 Å². The van der Waals surface area contributed by atoms with Crippen LogP contribution in [0.4, 0.5) is 0 Å². The van der Waals surface area contributed by atoms with E-state index in [9.17, 15) is 58.8 Å². The average molecular weight is 1190 g/mol. The van der Waals surface area contributed by atoms with Gasteiger partial charge in [-0.25, -0.2) is 0 Å². The number of aliphatic hydroxyl groups is 3. The molecule has 0 aliphatic carbocycles. The number of amides is 8. The number of aromatic hydroxyl groups is 1. The van der Waals surface area contributed by atoms with Crippen LogP contribution in [0.3, 0.4) is 0 Å². The van der Waals surface area contributed by atoms with Crippen molar-refractivity contribution in [1.82, 2.24) is 41.7 Å². The number of hydrogen-bond acceptors (Lipinski definition) is 13. The molecule has 87 heavy (non-hydrogen) atoms. The maximum absolute atomic E-state index is 14.8. The fourth-order valence-electron chi connectivity index (χ4n) is 11.2. The van der Waals surface area contributed by atoms with Crippen LogP contribution < -0.4 is 36.6 Å². The first-order valence-corrected chi connectivity index (χ1v) is 30.1. The monoisotopic (exact) mass is 1190 g/mol. The van der Waals surface area contributed by atoms with E-state index in [-0.39, 0.29) is 75.3 Å². The van der Waals surface area contributed by atoms with Gasteiger partial charge in [0.05, 0.1) is 24.9 Å². The predicted molar refractivity (Wildman–Crippen MR) is 324 cm³/mol. The Morgan fingerprint density at radius 1 is 0.632 bits per heavy atom. The Hall–Kier alpha value is -8.66. The second-order valence-corrected chi connectivity index (χ2v) is 22.8. The van der Waals surface area contributed by atoms with Gasteiger partial charge in [0.1, 0.15) is 47.8 Å². The fourth-order valence-corrected chi connectivity index (χ4v) is 11.2. The third kappa shape index (κ3) is 17.5. The summed E-state index contributed by atoms with van der Waals surface area (Å²) in [7, 11) is 0. The summed E-state index contributed by atoms with van der Waals surface area (Å²) < 4.78 is 5.88. The molecule has 0 bridgehead atoms. The molecule has 5 aromatic rings. The molecule has 21 nitrogen and oxygen atoms in total. The lowest BCUT2D eigenvalue weighted by Gasteiger charge is -2.32. The number of phenolic OH excluding ortho intramolecular Hbond substituents is 1. The van der Waals surface area contributed by atoms with Gasteiger partial charge in [-0.2, -0.15) is 0 Å². The summed E-state index contributed by atoms with van der Waals surface area (Å²) in [4.78, 5) is 117. The zero-order valence-electron chi connectivity index (χ0n) is 49.4. The van der Waals surface area contributed by atoms with E-state index in [1.807, 2.05) is 78.9 Å². The first-order chi connectivity index (χ1) is 41.8. The smallest absolute Gasteiger partial charge is 0.251 e. The number of nitrogens with one attached hydrogen (secondary N) is 6. The lowest BCUT2D eigenvalue weighted by Crippen LogP contribution is -2.61. The van der Waals surface area contributed by atoms with Gasteiger partial charge >= 0.3 is 0 Å². The standard InChI is InChI=1S/C66H80N8O13/c1-4-5-9-35-87-52-30-26-47(27-31-52)45-20-18-44(19-21-45)46-22-24-48(25-23-46)60(80)69-53-13-10-34-67-63(83)55-36-49(68-57(79)33-17-42-11-7-6-8-12-42)38-73(55)65(85)58(40(2)75)72-62(82)54(32-16-43-14-28-50(77)29-15-43)70-64(84)56-37-51(78)39-74(56)66(86)59(41(3)76)71-61(53)81/h6-8,11-12,14-15,18-31,40-41,49,51,53-56,58-59,75-78H,4-5,9-10,13,16-17,32-39H2,1-3H3,(H,67,83)(H,68,79)(H,69,80)(H,70,84)(H,71,81)(H,72,82)/t40?,41?,49-,51+,53-,54?,55?,56?,58?,59?/m0/s1. The van der Waals surface area contributed by atoms with Gasteiger partial charge in [-0.15, -0.1) is 0 Å². The highest BCUT2D eigenvalue weighted by Gasteiger charge is 2.46. The topological polar surface area (TPSA) is 305 Å². The SMILES string of the molecule is CCCCCOc1ccc(-c2ccc(-c3ccc(C(=O)N[C@H]4CCCNC(=O)C5C[C@H](NC(=O)CCc6ccccc6)CN5C(=O)C(C(C)O)NC(=O)C(CCc5ccc(O)cc5)NC(=O)C5C[C@@H](O)CN5C(=O)C(C(C)O)NC4=O)cc3)cc2)cc1. The number of phenols is 1. The number of fused-ring (bicyclic) bond motifs is 2. The maximum atomic E-state index is 14.8. The highest BCUT2D eigenvalue weighted by atomic mass is 16.5. The van der Waals surface area contributed by atoms with Gasteiger partial charge in [0.15, 0.2) is 0 Å². The predicted octanol–water partition coefficient (Wildman–Crippen LogP) is 3.83. The fraction of sp³-hybridized carbons (Fsp3) is 0.424. The Morgan fingerprint density at radius 2 is 1.20 bits per heavy atom. The Bertz CT molecular complexity index is 3160. The summed E-state index contributed by atoms with van der Waals surface area (Å²) in [5.74, 6) is -5.34. The molecule has 8 rings (SSSR count). The van der Waals surface area contributed by atoms with E-state index in [1.165, 1.54) is 30.9 Å². The van der Waals surface area contributed by atoms with Gasteiger partial charge in [-0.1, -0.05) is 111 Å². The van der Waals surface area contributed by atoms with Crippen LogP contribution in [-0.2, 0) is 46.4 Å². The molecule has 10 N–H and O–H groups in total. The van der Waals surface area contributed by atoms with Crippen LogP contribution in [0, 0.1) is 0 Å². The number of carbonyl (C=O) groups is 8. The van der Waals surface area contributed by atoms with E-state index >= 15 is 0 Å². The molecular weight excluding hydrogens is 1110 g/mol. The van der Waals surface area contributed by atoms with Gasteiger partial charge in [-0.05, 0) is 129 Å². The molecule has 3 aliphatic rings. The van der Waals surface area contributed by atoms with E-state index in [0.29, 0.717) is 18.6 Å². The van der Waals surface area contributed by atoms with Crippen LogP contribution in [0.25, 0.3) is 22.3 Å². The van der Waals surface area contributed by atoms with Crippen molar-refractivity contribution in [3.63, 3.8) is 0 Å². The number of nitrogens with zero attached hydrogens (tertiary/aromatic N) is 2. The minimum absolute atomic E-state index is 0.0114. The van der Waals surface area contributed by atoms with Crippen LogP contribution in [0.5, 0.6) is 11.5 Å². The first kappa shape index (κ1) is 64.3. The molecule has 7 unspecified atom stereocenters. The van der Waals surface area contributed by atoms with Crippen molar-refractivity contribution in [2.75, 3.05) is 26.2 Å². The molecule has 462 valence electrons. The lowest BCUT2D eigenvalue weighted by molar-refractivity contribution is -0.145. The first-order valence-electron chi connectivity index (χ1n) is 30.1. The molecule has 0 saturated carbocycles. The van der Waals surface area contributed by atoms with E-state index in [4.69, 9.17) is 4.74 Å². The number of benzene rings is 5. The summed E-state index contributed by atoms with van der Waals surface area (Å²) >= 11 is 0. The highest BCUT2D eigenvalue weighted by molar-refractivity contribution is 6.00. The quantitative estimate of drug-likeness (QED) is 0.0559. The van der Waals surface area contributed by atoms with Crippen LogP contribution >= 0.6 is 0 Å². The molecule has 3 fully saturated rings. The van der Waals surface area contributed by atoms with Crippen LogP contribution in [0.1, 0.15) is 100 Å².